The van der Waals surface area contributed by atoms with Crippen molar-refractivity contribution in [2.24, 2.45) is 0 Å². The predicted molar refractivity (Wildman–Crippen MR) is 113 cm³/mol. The number of hydrogen-bond acceptors (Lipinski definition) is 4. The molecule has 30 heavy (non-hydrogen) atoms. The molecule has 2 aromatic heterocycles. The van der Waals surface area contributed by atoms with E-state index < -0.39 is 0 Å². The first kappa shape index (κ1) is 18.3. The standard InChI is InChI=1S/C23H22N6O/c1-17-21(14-24-29(17)19-10-6-3-7-11-19)23(30)27-13-12-20(15-27)28-16-22(25-26-28)18-8-4-2-5-9-18/h2-11,14,16,20H,12-13,15H2,1H3/t20-/m1/s1. The fraction of sp³-hybridized carbons (Fsp3) is 0.217. The van der Waals surface area contributed by atoms with Crippen molar-refractivity contribution in [3.63, 3.8) is 0 Å². The summed E-state index contributed by atoms with van der Waals surface area (Å²) in [6, 6.07) is 20.0. The highest BCUT2D eigenvalue weighted by molar-refractivity contribution is 5.95. The van der Waals surface area contributed by atoms with Crippen LogP contribution in [0.2, 0.25) is 0 Å². The molecule has 1 fully saturated rings. The molecule has 1 atom stereocenters. The van der Waals surface area contributed by atoms with E-state index in [1.165, 1.54) is 0 Å². The van der Waals surface area contributed by atoms with Crippen LogP contribution in [0.4, 0.5) is 0 Å². The van der Waals surface area contributed by atoms with E-state index in [4.69, 9.17) is 0 Å². The molecule has 0 unspecified atom stereocenters. The molecular weight excluding hydrogens is 376 g/mol. The van der Waals surface area contributed by atoms with E-state index in [1.807, 2.05) is 88.0 Å². The molecule has 7 heteroatoms. The largest absolute Gasteiger partial charge is 0.336 e. The van der Waals surface area contributed by atoms with Crippen LogP contribution in [0.1, 0.15) is 28.5 Å². The first-order valence-electron chi connectivity index (χ1n) is 10.1. The van der Waals surface area contributed by atoms with Crippen molar-refractivity contribution in [3.05, 3.63) is 84.3 Å². The number of carbonyl (C=O) groups is 1. The van der Waals surface area contributed by atoms with E-state index >= 15 is 0 Å². The van der Waals surface area contributed by atoms with Crippen LogP contribution in [-0.4, -0.2) is 48.7 Å². The Hall–Kier alpha value is -3.74. The van der Waals surface area contributed by atoms with Gasteiger partial charge in [-0.2, -0.15) is 5.10 Å². The van der Waals surface area contributed by atoms with Crippen LogP contribution in [0.3, 0.4) is 0 Å². The van der Waals surface area contributed by atoms with Gasteiger partial charge in [0.2, 0.25) is 0 Å². The van der Waals surface area contributed by atoms with Crippen LogP contribution >= 0.6 is 0 Å². The molecule has 0 radical (unpaired) electrons. The summed E-state index contributed by atoms with van der Waals surface area (Å²) in [6.07, 6.45) is 4.49. The van der Waals surface area contributed by atoms with E-state index in [0.717, 1.165) is 29.1 Å². The highest BCUT2D eigenvalue weighted by atomic mass is 16.2. The van der Waals surface area contributed by atoms with Gasteiger partial charge < -0.3 is 4.90 Å². The van der Waals surface area contributed by atoms with Crippen LogP contribution in [-0.2, 0) is 0 Å². The van der Waals surface area contributed by atoms with E-state index in [1.54, 1.807) is 6.20 Å². The molecule has 0 aliphatic carbocycles. The molecule has 3 heterocycles. The summed E-state index contributed by atoms with van der Waals surface area (Å²) in [6.45, 7) is 3.25. The molecule has 4 aromatic rings. The molecule has 5 rings (SSSR count). The van der Waals surface area contributed by atoms with Gasteiger partial charge in [-0.1, -0.05) is 53.7 Å². The van der Waals surface area contributed by atoms with Gasteiger partial charge in [-0.25, -0.2) is 9.36 Å². The first-order chi connectivity index (χ1) is 14.7. The second-order valence-electron chi connectivity index (χ2n) is 7.53. The van der Waals surface area contributed by atoms with Gasteiger partial charge in [-0.3, -0.25) is 4.79 Å². The van der Waals surface area contributed by atoms with Crippen molar-refractivity contribution in [2.75, 3.05) is 13.1 Å². The summed E-state index contributed by atoms with van der Waals surface area (Å²) >= 11 is 0. The van der Waals surface area contributed by atoms with Gasteiger partial charge >= 0.3 is 0 Å². The minimum absolute atomic E-state index is 0.0144. The van der Waals surface area contributed by atoms with Gasteiger partial charge in [-0.05, 0) is 25.5 Å². The number of benzene rings is 2. The van der Waals surface area contributed by atoms with Gasteiger partial charge in [0.05, 0.1) is 35.4 Å². The lowest BCUT2D eigenvalue weighted by Gasteiger charge is -2.16. The first-order valence-corrected chi connectivity index (χ1v) is 10.1. The maximum Gasteiger partial charge on any atom is 0.257 e. The summed E-state index contributed by atoms with van der Waals surface area (Å²) in [7, 11) is 0. The zero-order valence-electron chi connectivity index (χ0n) is 16.7. The Morgan fingerprint density at radius 1 is 1.03 bits per heavy atom. The maximum absolute atomic E-state index is 13.1. The molecule has 2 aromatic carbocycles. The number of nitrogens with zero attached hydrogens (tertiary/aromatic N) is 6. The quantitative estimate of drug-likeness (QED) is 0.527. The second-order valence-corrected chi connectivity index (χ2v) is 7.53. The summed E-state index contributed by atoms with van der Waals surface area (Å²) in [4.78, 5) is 15.0. The Bertz CT molecular complexity index is 1160. The highest BCUT2D eigenvalue weighted by Gasteiger charge is 2.30. The summed E-state index contributed by atoms with van der Waals surface area (Å²) in [5.41, 5.74) is 4.33. The van der Waals surface area contributed by atoms with Crippen molar-refractivity contribution in [1.29, 1.82) is 0 Å². The van der Waals surface area contributed by atoms with Crippen LogP contribution < -0.4 is 0 Å². The SMILES string of the molecule is Cc1c(C(=O)N2CC[C@@H](n3cc(-c4ccccc4)nn3)C2)cnn1-c1ccccc1. The van der Waals surface area contributed by atoms with Gasteiger partial charge in [0, 0.05) is 18.7 Å². The van der Waals surface area contributed by atoms with E-state index in [9.17, 15) is 4.79 Å². The molecule has 0 saturated carbocycles. The molecule has 0 spiro atoms. The fourth-order valence-corrected chi connectivity index (χ4v) is 3.96. The summed E-state index contributed by atoms with van der Waals surface area (Å²) in [5, 5.41) is 13.1. The third kappa shape index (κ3) is 3.28. The van der Waals surface area contributed by atoms with E-state index in [2.05, 4.69) is 15.4 Å². The van der Waals surface area contributed by atoms with Crippen molar-refractivity contribution in [2.45, 2.75) is 19.4 Å². The summed E-state index contributed by atoms with van der Waals surface area (Å²) < 4.78 is 3.69. The Morgan fingerprint density at radius 2 is 1.77 bits per heavy atom. The lowest BCUT2D eigenvalue weighted by atomic mass is 10.2. The monoisotopic (exact) mass is 398 g/mol. The minimum atomic E-state index is 0.0144. The van der Waals surface area contributed by atoms with Crippen LogP contribution in [0.25, 0.3) is 16.9 Å². The average Bonchev–Trinajstić information content (AvgIpc) is 3.54. The van der Waals surface area contributed by atoms with Gasteiger partial charge in [0.25, 0.3) is 5.91 Å². The molecule has 1 aliphatic rings. The zero-order valence-corrected chi connectivity index (χ0v) is 16.7. The lowest BCUT2D eigenvalue weighted by Crippen LogP contribution is -2.29. The lowest BCUT2D eigenvalue weighted by molar-refractivity contribution is 0.0786. The van der Waals surface area contributed by atoms with Gasteiger partial charge in [-0.15, -0.1) is 5.10 Å². The molecule has 150 valence electrons. The Kier molecular flexibility index (Phi) is 4.63. The molecule has 1 aliphatic heterocycles. The number of rotatable bonds is 4. The second kappa shape index (κ2) is 7.59. The molecular formula is C23H22N6O. The fourth-order valence-electron chi connectivity index (χ4n) is 3.96. The third-order valence-corrected chi connectivity index (χ3v) is 5.65. The number of para-hydroxylation sites is 1. The molecule has 0 bridgehead atoms. The average molecular weight is 398 g/mol. The van der Waals surface area contributed by atoms with Crippen LogP contribution in [0.15, 0.2) is 73.1 Å². The smallest absolute Gasteiger partial charge is 0.257 e. The Morgan fingerprint density at radius 3 is 2.53 bits per heavy atom. The highest BCUT2D eigenvalue weighted by Crippen LogP contribution is 2.25. The molecule has 1 amide bonds. The van der Waals surface area contributed by atoms with E-state index in [0.29, 0.717) is 18.7 Å². The zero-order chi connectivity index (χ0) is 20.5. The van der Waals surface area contributed by atoms with Crippen LogP contribution in [0.5, 0.6) is 0 Å². The van der Waals surface area contributed by atoms with Crippen molar-refractivity contribution >= 4 is 5.91 Å². The van der Waals surface area contributed by atoms with Gasteiger partial charge in [0.15, 0.2) is 0 Å². The van der Waals surface area contributed by atoms with Crippen LogP contribution in [0, 0.1) is 6.92 Å². The topological polar surface area (TPSA) is 68.8 Å². The third-order valence-electron chi connectivity index (χ3n) is 5.65. The number of likely N-dealkylation sites (tertiary alicyclic amines) is 1. The van der Waals surface area contributed by atoms with Crippen molar-refractivity contribution in [3.8, 4) is 16.9 Å². The predicted octanol–water partition coefficient (Wildman–Crippen LogP) is 3.53. The molecule has 7 nitrogen and oxygen atoms in total. The maximum atomic E-state index is 13.1. The number of carbonyl (C=O) groups excluding carboxylic acids is 1. The Labute approximate surface area is 174 Å². The number of hydrogen-bond donors (Lipinski definition) is 0. The normalized spacial score (nSPS) is 16.2. The molecule has 1 saturated heterocycles. The minimum Gasteiger partial charge on any atom is -0.336 e. The number of aromatic nitrogens is 5. The Balaban J connectivity index is 1.31. The van der Waals surface area contributed by atoms with Crippen molar-refractivity contribution < 1.29 is 4.79 Å². The summed E-state index contributed by atoms with van der Waals surface area (Å²) in [5.74, 6) is 0.0144. The van der Waals surface area contributed by atoms with Gasteiger partial charge in [0.1, 0.15) is 5.69 Å². The van der Waals surface area contributed by atoms with Crippen molar-refractivity contribution in [1.82, 2.24) is 29.7 Å². The number of amides is 1. The molecule has 0 N–H and O–H groups in total. The van der Waals surface area contributed by atoms with E-state index in [-0.39, 0.29) is 11.9 Å².